The molecule has 6 heteroatoms. The zero-order chi connectivity index (χ0) is 17.2. The first-order valence-electron chi connectivity index (χ1n) is 8.97. The SMILES string of the molecule is Cn1cc(C(=O)N2C[C@@H](COCC3CC3)[C@H](c3ccccn3)C2)cn1. The second-order valence-corrected chi connectivity index (χ2v) is 7.21. The number of rotatable bonds is 6. The van der Waals surface area contributed by atoms with E-state index in [4.69, 9.17) is 4.74 Å². The number of carbonyl (C=O) groups excluding carboxylic acids is 1. The molecule has 3 heterocycles. The molecule has 25 heavy (non-hydrogen) atoms. The summed E-state index contributed by atoms with van der Waals surface area (Å²) in [4.78, 5) is 19.2. The maximum atomic E-state index is 12.8. The lowest BCUT2D eigenvalue weighted by molar-refractivity contribution is 0.0739. The van der Waals surface area contributed by atoms with Crippen molar-refractivity contribution in [1.29, 1.82) is 0 Å². The van der Waals surface area contributed by atoms with E-state index in [1.807, 2.05) is 30.3 Å². The van der Waals surface area contributed by atoms with Crippen molar-refractivity contribution >= 4 is 5.91 Å². The van der Waals surface area contributed by atoms with Gasteiger partial charge in [0.1, 0.15) is 0 Å². The quantitative estimate of drug-likeness (QED) is 0.808. The van der Waals surface area contributed by atoms with E-state index in [2.05, 4.69) is 16.1 Å². The van der Waals surface area contributed by atoms with Gasteiger partial charge in [-0.3, -0.25) is 14.5 Å². The molecule has 132 valence electrons. The number of aryl methyl sites for hydroxylation is 1. The van der Waals surface area contributed by atoms with E-state index < -0.39 is 0 Å². The number of likely N-dealkylation sites (tertiary alicyclic amines) is 1. The van der Waals surface area contributed by atoms with Gasteiger partial charge in [-0.2, -0.15) is 5.10 Å². The second-order valence-electron chi connectivity index (χ2n) is 7.21. The minimum absolute atomic E-state index is 0.0405. The molecule has 1 aliphatic heterocycles. The number of ether oxygens (including phenoxy) is 1. The van der Waals surface area contributed by atoms with Gasteiger partial charge in [-0.15, -0.1) is 0 Å². The molecular weight excluding hydrogens is 316 g/mol. The van der Waals surface area contributed by atoms with E-state index in [1.165, 1.54) is 12.8 Å². The summed E-state index contributed by atoms with van der Waals surface area (Å²) >= 11 is 0. The van der Waals surface area contributed by atoms with E-state index in [1.54, 1.807) is 17.1 Å². The van der Waals surface area contributed by atoms with Crippen LogP contribution in [0.2, 0.25) is 0 Å². The molecule has 2 aromatic rings. The Morgan fingerprint density at radius 1 is 1.28 bits per heavy atom. The van der Waals surface area contributed by atoms with E-state index >= 15 is 0 Å². The number of hydrogen-bond donors (Lipinski definition) is 0. The van der Waals surface area contributed by atoms with E-state index in [0.717, 1.165) is 18.2 Å². The Balaban J connectivity index is 1.47. The summed E-state index contributed by atoms with van der Waals surface area (Å²) in [6, 6.07) is 5.99. The van der Waals surface area contributed by atoms with Crippen LogP contribution in [0, 0.1) is 11.8 Å². The highest BCUT2D eigenvalue weighted by Crippen LogP contribution is 2.34. The van der Waals surface area contributed by atoms with Crippen molar-refractivity contribution < 1.29 is 9.53 Å². The lowest BCUT2D eigenvalue weighted by atomic mass is 9.93. The predicted molar refractivity (Wildman–Crippen MR) is 93.1 cm³/mol. The average Bonchev–Trinajstić information content (AvgIpc) is 3.19. The number of pyridine rings is 1. The van der Waals surface area contributed by atoms with Gasteiger partial charge < -0.3 is 9.64 Å². The third kappa shape index (κ3) is 3.74. The molecule has 1 saturated heterocycles. The van der Waals surface area contributed by atoms with Crippen LogP contribution in [0.4, 0.5) is 0 Å². The third-order valence-electron chi connectivity index (χ3n) is 5.13. The second kappa shape index (κ2) is 6.96. The molecule has 0 radical (unpaired) electrons. The van der Waals surface area contributed by atoms with Crippen LogP contribution in [0.25, 0.3) is 0 Å². The minimum Gasteiger partial charge on any atom is -0.381 e. The molecule has 1 saturated carbocycles. The molecule has 2 aliphatic rings. The van der Waals surface area contributed by atoms with Crippen LogP contribution in [-0.2, 0) is 11.8 Å². The van der Waals surface area contributed by atoms with Gasteiger partial charge in [0.25, 0.3) is 5.91 Å². The number of carbonyl (C=O) groups is 1. The molecule has 2 atom stereocenters. The maximum Gasteiger partial charge on any atom is 0.257 e. The van der Waals surface area contributed by atoms with Crippen molar-refractivity contribution in [3.63, 3.8) is 0 Å². The largest absolute Gasteiger partial charge is 0.381 e. The Hall–Kier alpha value is -2.21. The van der Waals surface area contributed by atoms with Crippen molar-refractivity contribution in [3.8, 4) is 0 Å². The van der Waals surface area contributed by atoms with Crippen molar-refractivity contribution in [2.24, 2.45) is 18.9 Å². The lowest BCUT2D eigenvalue weighted by Gasteiger charge is -2.17. The van der Waals surface area contributed by atoms with Crippen molar-refractivity contribution in [3.05, 3.63) is 48.0 Å². The molecule has 2 aromatic heterocycles. The van der Waals surface area contributed by atoms with Crippen LogP contribution in [0.3, 0.4) is 0 Å². The van der Waals surface area contributed by atoms with Crippen LogP contribution < -0.4 is 0 Å². The summed E-state index contributed by atoms with van der Waals surface area (Å²) in [5, 5.41) is 4.11. The zero-order valence-corrected chi connectivity index (χ0v) is 14.5. The smallest absolute Gasteiger partial charge is 0.257 e. The normalized spacial score (nSPS) is 23.2. The highest BCUT2D eigenvalue weighted by molar-refractivity contribution is 5.94. The summed E-state index contributed by atoms with van der Waals surface area (Å²) < 4.78 is 7.61. The molecule has 0 N–H and O–H groups in total. The number of aromatic nitrogens is 3. The lowest BCUT2D eigenvalue weighted by Crippen LogP contribution is -2.29. The molecule has 0 bridgehead atoms. The van der Waals surface area contributed by atoms with Crippen LogP contribution in [-0.4, -0.2) is 51.9 Å². The van der Waals surface area contributed by atoms with Crippen LogP contribution in [0.15, 0.2) is 36.8 Å². The van der Waals surface area contributed by atoms with Gasteiger partial charge in [0.15, 0.2) is 0 Å². The van der Waals surface area contributed by atoms with Crippen LogP contribution in [0.5, 0.6) is 0 Å². The van der Waals surface area contributed by atoms with Gasteiger partial charge in [0, 0.05) is 56.7 Å². The monoisotopic (exact) mass is 340 g/mol. The van der Waals surface area contributed by atoms with Crippen molar-refractivity contribution in [2.45, 2.75) is 18.8 Å². The van der Waals surface area contributed by atoms with Gasteiger partial charge in [-0.25, -0.2) is 0 Å². The van der Waals surface area contributed by atoms with E-state index in [-0.39, 0.29) is 17.7 Å². The van der Waals surface area contributed by atoms with Crippen molar-refractivity contribution in [2.75, 3.05) is 26.3 Å². The Labute approximate surface area is 147 Å². The Kier molecular flexibility index (Phi) is 4.53. The number of amides is 1. The molecule has 4 rings (SSSR count). The fraction of sp³-hybridized carbons (Fsp3) is 0.526. The average molecular weight is 340 g/mol. The summed E-state index contributed by atoms with van der Waals surface area (Å²) in [7, 11) is 1.83. The summed E-state index contributed by atoms with van der Waals surface area (Å²) in [5.41, 5.74) is 1.69. The van der Waals surface area contributed by atoms with Gasteiger partial charge >= 0.3 is 0 Å². The van der Waals surface area contributed by atoms with E-state index in [0.29, 0.717) is 25.3 Å². The molecular formula is C19H24N4O2. The van der Waals surface area contributed by atoms with Gasteiger partial charge in [-0.1, -0.05) is 6.07 Å². The fourth-order valence-electron chi connectivity index (χ4n) is 3.52. The molecule has 0 aromatic carbocycles. The van der Waals surface area contributed by atoms with Gasteiger partial charge in [0.05, 0.1) is 18.4 Å². The highest BCUT2D eigenvalue weighted by Gasteiger charge is 2.37. The molecule has 1 aliphatic carbocycles. The number of nitrogens with zero attached hydrogens (tertiary/aromatic N) is 4. The van der Waals surface area contributed by atoms with Crippen LogP contribution in [0.1, 0.15) is 34.8 Å². The first-order chi connectivity index (χ1) is 12.2. The third-order valence-corrected chi connectivity index (χ3v) is 5.13. The number of hydrogen-bond acceptors (Lipinski definition) is 4. The summed E-state index contributed by atoms with van der Waals surface area (Å²) in [6.45, 7) is 2.93. The molecule has 2 fully saturated rings. The fourth-order valence-corrected chi connectivity index (χ4v) is 3.52. The Morgan fingerprint density at radius 2 is 2.16 bits per heavy atom. The molecule has 0 unspecified atom stereocenters. The summed E-state index contributed by atoms with van der Waals surface area (Å²) in [6.07, 6.45) is 7.81. The standard InChI is InChI=1S/C19H24N4O2/c1-22-9-15(8-21-22)19(24)23-10-16(13-25-12-14-5-6-14)17(11-23)18-4-2-3-7-20-18/h2-4,7-9,14,16-17H,5-6,10-13H2,1H3/t16-,17+/m0/s1. The first kappa shape index (κ1) is 16.3. The Bertz CT molecular complexity index is 726. The molecule has 0 spiro atoms. The first-order valence-corrected chi connectivity index (χ1v) is 8.97. The van der Waals surface area contributed by atoms with Gasteiger partial charge in [0.2, 0.25) is 0 Å². The minimum atomic E-state index is 0.0405. The molecule has 6 nitrogen and oxygen atoms in total. The van der Waals surface area contributed by atoms with Gasteiger partial charge in [-0.05, 0) is 30.9 Å². The Morgan fingerprint density at radius 3 is 2.84 bits per heavy atom. The zero-order valence-electron chi connectivity index (χ0n) is 14.5. The predicted octanol–water partition coefficient (Wildman–Crippen LogP) is 2.10. The van der Waals surface area contributed by atoms with Crippen molar-refractivity contribution in [1.82, 2.24) is 19.7 Å². The summed E-state index contributed by atoms with van der Waals surface area (Å²) in [5.74, 6) is 1.30. The maximum absolute atomic E-state index is 12.8. The highest BCUT2D eigenvalue weighted by atomic mass is 16.5. The van der Waals surface area contributed by atoms with E-state index in [9.17, 15) is 4.79 Å². The topological polar surface area (TPSA) is 60.2 Å². The molecule has 1 amide bonds. The van der Waals surface area contributed by atoms with Crippen LogP contribution >= 0.6 is 0 Å².